The van der Waals surface area contributed by atoms with Crippen LogP contribution in [0, 0.1) is 0 Å². The lowest BCUT2D eigenvalue weighted by Gasteiger charge is -2.32. The molecular formula is C18H39NO2. The Kier molecular flexibility index (Phi) is 14.7. The summed E-state index contributed by atoms with van der Waals surface area (Å²) in [6, 6.07) is 0.288. The second-order valence-electron chi connectivity index (χ2n) is 6.48. The molecule has 0 aromatic carbocycles. The molecule has 0 aliphatic heterocycles. The number of aliphatic hydroxyl groups excluding tert-OH is 2. The van der Waals surface area contributed by atoms with Gasteiger partial charge in [-0.05, 0) is 26.8 Å². The zero-order valence-electron chi connectivity index (χ0n) is 14.7. The lowest BCUT2D eigenvalue weighted by atomic mass is 10.1. The highest BCUT2D eigenvalue weighted by Crippen LogP contribution is 2.12. The Hall–Kier alpha value is -0.120. The molecule has 21 heavy (non-hydrogen) atoms. The molecule has 0 heterocycles. The summed E-state index contributed by atoms with van der Waals surface area (Å²) in [5.41, 5.74) is 0. The monoisotopic (exact) mass is 301 g/mol. The topological polar surface area (TPSA) is 43.7 Å². The van der Waals surface area contributed by atoms with E-state index in [0.717, 1.165) is 6.54 Å². The molecule has 0 bridgehead atoms. The molecular weight excluding hydrogens is 262 g/mol. The van der Waals surface area contributed by atoms with E-state index in [9.17, 15) is 10.2 Å². The molecule has 0 spiro atoms. The largest absolute Gasteiger partial charge is 0.395 e. The Bertz CT molecular complexity index is 201. The minimum absolute atomic E-state index is 0.144. The van der Waals surface area contributed by atoms with E-state index in [1.807, 2.05) is 13.8 Å². The highest BCUT2D eigenvalue weighted by molar-refractivity contribution is 4.72. The number of rotatable bonds is 15. The number of unbranched alkanes of at least 4 members (excludes halogenated alkanes) is 9. The normalized spacial score (nSPS) is 14.6. The number of aliphatic hydroxyl groups is 2. The summed E-state index contributed by atoms with van der Waals surface area (Å²) in [6.07, 6.45) is 13.4. The van der Waals surface area contributed by atoms with Crippen molar-refractivity contribution in [1.29, 1.82) is 0 Å². The lowest BCUT2D eigenvalue weighted by molar-refractivity contribution is 0.0665. The smallest absolute Gasteiger partial charge is 0.0584 e. The highest BCUT2D eigenvalue weighted by atomic mass is 16.3. The maximum Gasteiger partial charge on any atom is 0.0584 e. The fraction of sp³-hybridized carbons (Fsp3) is 1.00. The van der Waals surface area contributed by atoms with Gasteiger partial charge in [-0.3, -0.25) is 4.90 Å². The quantitative estimate of drug-likeness (QED) is 0.450. The molecule has 0 aromatic rings. The Morgan fingerprint density at radius 3 is 1.43 bits per heavy atom. The van der Waals surface area contributed by atoms with Gasteiger partial charge in [-0.2, -0.15) is 0 Å². The summed E-state index contributed by atoms with van der Waals surface area (Å²) in [7, 11) is 0. The van der Waals surface area contributed by atoms with Gasteiger partial charge in [-0.25, -0.2) is 0 Å². The summed E-state index contributed by atoms with van der Waals surface area (Å²) in [5, 5.41) is 18.6. The van der Waals surface area contributed by atoms with Crippen molar-refractivity contribution in [3.8, 4) is 0 Å². The molecule has 0 amide bonds. The van der Waals surface area contributed by atoms with Gasteiger partial charge in [-0.15, -0.1) is 0 Å². The van der Waals surface area contributed by atoms with Crippen molar-refractivity contribution in [3.63, 3.8) is 0 Å². The average Bonchev–Trinajstić information content (AvgIpc) is 2.51. The summed E-state index contributed by atoms with van der Waals surface area (Å²) < 4.78 is 0. The minimum Gasteiger partial charge on any atom is -0.395 e. The predicted molar refractivity (Wildman–Crippen MR) is 91.6 cm³/mol. The molecule has 2 N–H and O–H groups in total. The van der Waals surface area contributed by atoms with Gasteiger partial charge in [0.25, 0.3) is 0 Å². The van der Waals surface area contributed by atoms with Crippen molar-refractivity contribution in [3.05, 3.63) is 0 Å². The van der Waals surface area contributed by atoms with Crippen molar-refractivity contribution in [2.75, 3.05) is 19.8 Å². The van der Waals surface area contributed by atoms with Crippen molar-refractivity contribution in [2.45, 2.75) is 97.1 Å². The molecule has 0 aromatic heterocycles. The average molecular weight is 302 g/mol. The summed E-state index contributed by atoms with van der Waals surface area (Å²) in [5.74, 6) is 0. The van der Waals surface area contributed by atoms with E-state index in [1.165, 1.54) is 64.2 Å². The van der Waals surface area contributed by atoms with E-state index in [0.29, 0.717) is 0 Å². The van der Waals surface area contributed by atoms with Gasteiger partial charge in [0.2, 0.25) is 0 Å². The van der Waals surface area contributed by atoms with E-state index in [4.69, 9.17) is 0 Å². The van der Waals surface area contributed by atoms with Gasteiger partial charge in [0.15, 0.2) is 0 Å². The Morgan fingerprint density at radius 2 is 1.05 bits per heavy atom. The van der Waals surface area contributed by atoms with Crippen LogP contribution in [0.4, 0.5) is 0 Å². The van der Waals surface area contributed by atoms with Crippen molar-refractivity contribution >= 4 is 0 Å². The van der Waals surface area contributed by atoms with Crippen LogP contribution in [0.15, 0.2) is 0 Å². The first kappa shape index (κ1) is 20.9. The standard InChI is InChI=1S/C18H39NO2/c1-4-5-6-7-8-9-10-11-12-13-14-19(17(2)15-20)18(3)16-21/h17-18,20-21H,4-16H2,1-3H3. The van der Waals surface area contributed by atoms with Gasteiger partial charge in [0, 0.05) is 12.1 Å². The summed E-state index contributed by atoms with van der Waals surface area (Å²) >= 11 is 0. The van der Waals surface area contributed by atoms with Crippen LogP contribution in [0.5, 0.6) is 0 Å². The van der Waals surface area contributed by atoms with Gasteiger partial charge in [-0.1, -0.05) is 64.7 Å². The molecule has 0 saturated heterocycles. The molecule has 0 radical (unpaired) electrons. The van der Waals surface area contributed by atoms with Crippen molar-refractivity contribution < 1.29 is 10.2 Å². The van der Waals surface area contributed by atoms with Gasteiger partial charge >= 0.3 is 0 Å². The first-order valence-electron chi connectivity index (χ1n) is 9.14. The fourth-order valence-electron chi connectivity index (χ4n) is 2.87. The number of hydrogen-bond acceptors (Lipinski definition) is 3. The van der Waals surface area contributed by atoms with Crippen LogP contribution in [-0.4, -0.2) is 47.0 Å². The Morgan fingerprint density at radius 1 is 0.667 bits per heavy atom. The van der Waals surface area contributed by atoms with Crippen LogP contribution in [0.1, 0.15) is 85.0 Å². The van der Waals surface area contributed by atoms with E-state index in [-0.39, 0.29) is 25.3 Å². The second kappa shape index (κ2) is 14.8. The van der Waals surface area contributed by atoms with E-state index < -0.39 is 0 Å². The van der Waals surface area contributed by atoms with Crippen LogP contribution in [0.3, 0.4) is 0 Å². The molecule has 2 unspecified atom stereocenters. The first-order valence-corrected chi connectivity index (χ1v) is 9.14. The maximum absolute atomic E-state index is 9.29. The molecule has 0 saturated carbocycles. The lowest BCUT2D eigenvalue weighted by Crippen LogP contribution is -2.44. The van der Waals surface area contributed by atoms with Crippen LogP contribution < -0.4 is 0 Å². The molecule has 3 heteroatoms. The second-order valence-corrected chi connectivity index (χ2v) is 6.48. The third kappa shape index (κ3) is 11.1. The van der Waals surface area contributed by atoms with Crippen molar-refractivity contribution in [1.82, 2.24) is 4.90 Å². The fourth-order valence-corrected chi connectivity index (χ4v) is 2.87. The third-order valence-electron chi connectivity index (χ3n) is 4.43. The minimum atomic E-state index is 0.144. The van der Waals surface area contributed by atoms with Gasteiger partial charge in [0.05, 0.1) is 13.2 Å². The predicted octanol–water partition coefficient (Wildman–Crippen LogP) is 3.97. The Balaban J connectivity index is 3.54. The van der Waals surface area contributed by atoms with Crippen LogP contribution in [0.25, 0.3) is 0 Å². The van der Waals surface area contributed by atoms with Gasteiger partial charge < -0.3 is 10.2 Å². The van der Waals surface area contributed by atoms with Gasteiger partial charge in [0.1, 0.15) is 0 Å². The third-order valence-corrected chi connectivity index (χ3v) is 4.43. The highest BCUT2D eigenvalue weighted by Gasteiger charge is 2.18. The molecule has 0 rings (SSSR count). The molecule has 128 valence electrons. The van der Waals surface area contributed by atoms with E-state index in [1.54, 1.807) is 0 Å². The molecule has 0 aliphatic carbocycles. The summed E-state index contributed by atoms with van der Waals surface area (Å²) in [6.45, 7) is 7.65. The van der Waals surface area contributed by atoms with Crippen LogP contribution in [0.2, 0.25) is 0 Å². The summed E-state index contributed by atoms with van der Waals surface area (Å²) in [4.78, 5) is 2.23. The Labute approximate surface area is 132 Å². The van der Waals surface area contributed by atoms with Crippen LogP contribution >= 0.6 is 0 Å². The molecule has 0 aliphatic rings. The first-order chi connectivity index (χ1) is 10.2. The molecule has 2 atom stereocenters. The van der Waals surface area contributed by atoms with E-state index in [2.05, 4.69) is 11.8 Å². The SMILES string of the molecule is CCCCCCCCCCCCN(C(C)CO)C(C)CO. The molecule has 3 nitrogen and oxygen atoms in total. The maximum atomic E-state index is 9.29. The number of nitrogens with zero attached hydrogens (tertiary/aromatic N) is 1. The van der Waals surface area contributed by atoms with E-state index >= 15 is 0 Å². The zero-order valence-corrected chi connectivity index (χ0v) is 14.7. The van der Waals surface area contributed by atoms with Crippen molar-refractivity contribution in [2.24, 2.45) is 0 Å². The zero-order chi connectivity index (χ0) is 15.9. The van der Waals surface area contributed by atoms with Crippen LogP contribution in [-0.2, 0) is 0 Å². The number of hydrogen-bond donors (Lipinski definition) is 2. The molecule has 0 fully saturated rings.